The van der Waals surface area contributed by atoms with Gasteiger partial charge in [-0.05, 0) is 51.2 Å². The van der Waals surface area contributed by atoms with Crippen LogP contribution in [0.25, 0.3) is 88.9 Å². The summed E-state index contributed by atoms with van der Waals surface area (Å²) in [6.45, 7) is 0. The monoisotopic (exact) mass is 600 g/mol. The number of hydrogen-bond acceptors (Lipinski definition) is 3. The third kappa shape index (κ3) is 4.77. The van der Waals surface area contributed by atoms with E-state index in [1.165, 1.54) is 21.9 Å². The van der Waals surface area contributed by atoms with Crippen LogP contribution >= 0.6 is 0 Å². The van der Waals surface area contributed by atoms with Crippen LogP contribution in [0.5, 0.6) is 0 Å². The topological polar surface area (TPSA) is 38.9 Å². The highest BCUT2D eigenvalue weighted by Gasteiger charge is 2.20. The van der Waals surface area contributed by atoms with Crippen molar-refractivity contribution in [3.63, 3.8) is 0 Å². The number of fused-ring (bicyclic) bond motifs is 4. The Labute approximate surface area is 272 Å². The van der Waals surface area contributed by atoms with Crippen molar-refractivity contribution in [2.45, 2.75) is 0 Å². The quantitative estimate of drug-likeness (QED) is 0.197. The highest BCUT2D eigenvalue weighted by molar-refractivity contribution is 6.16. The Balaban J connectivity index is 1.23. The van der Waals surface area contributed by atoms with Crippen molar-refractivity contribution >= 4 is 32.7 Å². The van der Waals surface area contributed by atoms with Crippen LogP contribution in [0.3, 0.4) is 0 Å². The molecule has 0 aliphatic rings. The summed E-state index contributed by atoms with van der Waals surface area (Å²) >= 11 is 0. The lowest BCUT2D eigenvalue weighted by Gasteiger charge is -2.12. The van der Waals surface area contributed by atoms with Crippen LogP contribution in [0.4, 0.5) is 0 Å². The Bertz CT molecular complexity index is 2490. The zero-order chi connectivity index (χ0) is 31.2. The summed E-state index contributed by atoms with van der Waals surface area (Å²) in [7, 11) is 0. The van der Waals surface area contributed by atoms with E-state index in [9.17, 15) is 0 Å². The van der Waals surface area contributed by atoms with Crippen LogP contribution in [-0.4, -0.2) is 9.97 Å². The lowest BCUT2D eigenvalue weighted by Crippen LogP contribution is -1.96. The molecule has 7 aromatic carbocycles. The summed E-state index contributed by atoms with van der Waals surface area (Å²) in [5.74, 6) is 0.680. The highest BCUT2D eigenvalue weighted by Crippen LogP contribution is 2.42. The van der Waals surface area contributed by atoms with E-state index in [0.29, 0.717) is 5.82 Å². The van der Waals surface area contributed by atoms with Gasteiger partial charge in [-0.2, -0.15) is 0 Å². The second-order valence-electron chi connectivity index (χ2n) is 11.8. The molecule has 0 aliphatic carbocycles. The van der Waals surface area contributed by atoms with Gasteiger partial charge in [0.25, 0.3) is 0 Å². The average molecular weight is 601 g/mol. The second kappa shape index (κ2) is 11.2. The van der Waals surface area contributed by atoms with Crippen LogP contribution in [-0.2, 0) is 0 Å². The minimum Gasteiger partial charge on any atom is -0.455 e. The first-order chi connectivity index (χ1) is 23.3. The third-order valence-corrected chi connectivity index (χ3v) is 8.93. The Hall–Kier alpha value is -6.32. The van der Waals surface area contributed by atoms with Crippen molar-refractivity contribution in [2.24, 2.45) is 0 Å². The second-order valence-corrected chi connectivity index (χ2v) is 11.8. The first-order valence-corrected chi connectivity index (χ1v) is 15.8. The molecule has 3 nitrogen and oxygen atoms in total. The highest BCUT2D eigenvalue weighted by atomic mass is 16.3. The molecule has 0 fully saturated rings. The fraction of sp³-hybridized carbons (Fsp3) is 0. The van der Waals surface area contributed by atoms with Crippen molar-refractivity contribution in [1.82, 2.24) is 9.97 Å². The van der Waals surface area contributed by atoms with E-state index in [0.717, 1.165) is 61.1 Å². The van der Waals surface area contributed by atoms with Crippen molar-refractivity contribution in [2.75, 3.05) is 0 Å². The van der Waals surface area contributed by atoms with Gasteiger partial charge in [0.15, 0.2) is 5.82 Å². The smallest absolute Gasteiger partial charge is 0.160 e. The molecule has 47 heavy (non-hydrogen) atoms. The summed E-state index contributed by atoms with van der Waals surface area (Å²) in [5.41, 5.74) is 11.0. The molecule has 2 aromatic heterocycles. The predicted molar refractivity (Wildman–Crippen MR) is 194 cm³/mol. The van der Waals surface area contributed by atoms with Crippen molar-refractivity contribution in [3.8, 4) is 56.2 Å². The number of hydrogen-bond donors (Lipinski definition) is 0. The molecule has 0 saturated carbocycles. The lowest BCUT2D eigenvalue weighted by atomic mass is 9.93. The van der Waals surface area contributed by atoms with Gasteiger partial charge in [0.2, 0.25) is 0 Å². The van der Waals surface area contributed by atoms with Crippen LogP contribution in [0.1, 0.15) is 0 Å². The SMILES string of the molecule is c1ccc(-c2cc(-c3ccc(-c4ccc(-c5cccc6ccccc56)cc4)c4c3oc3ccccc34)nc(-c3ccccc3)n2)cc1. The van der Waals surface area contributed by atoms with Crippen LogP contribution in [0.15, 0.2) is 174 Å². The fourth-order valence-electron chi connectivity index (χ4n) is 6.64. The molecule has 0 amide bonds. The standard InChI is InChI=1S/C44H28N2O/c1-3-13-32(14-4-1)39-28-40(46-44(45-39)33-15-5-2-6-16-33)37-27-26-36(42-38-19-9-10-21-41(38)47-43(37)42)31-24-22-30(23-25-31)35-20-11-17-29-12-7-8-18-34(29)35/h1-28H. The Kier molecular flexibility index (Phi) is 6.46. The molecule has 0 saturated heterocycles. The molecule has 3 heteroatoms. The first-order valence-electron chi connectivity index (χ1n) is 15.8. The molecule has 0 spiro atoms. The van der Waals surface area contributed by atoms with Gasteiger partial charge >= 0.3 is 0 Å². The molecular formula is C44H28N2O. The molecule has 0 bridgehead atoms. The van der Waals surface area contributed by atoms with Crippen molar-refractivity contribution in [1.29, 1.82) is 0 Å². The molecule has 0 atom stereocenters. The number of nitrogens with zero attached hydrogens (tertiary/aromatic N) is 2. The van der Waals surface area contributed by atoms with E-state index in [1.54, 1.807) is 0 Å². The molecule has 220 valence electrons. The normalized spacial score (nSPS) is 11.4. The Morgan fingerprint density at radius 2 is 0.979 bits per heavy atom. The van der Waals surface area contributed by atoms with E-state index >= 15 is 0 Å². The van der Waals surface area contributed by atoms with E-state index in [4.69, 9.17) is 14.4 Å². The van der Waals surface area contributed by atoms with Crippen LogP contribution in [0.2, 0.25) is 0 Å². The van der Waals surface area contributed by atoms with Gasteiger partial charge in [0.1, 0.15) is 11.2 Å². The maximum atomic E-state index is 6.67. The minimum absolute atomic E-state index is 0.680. The summed E-state index contributed by atoms with van der Waals surface area (Å²) in [5, 5.41) is 4.66. The molecular weight excluding hydrogens is 572 g/mol. The van der Waals surface area contributed by atoms with Gasteiger partial charge in [-0.3, -0.25) is 0 Å². The predicted octanol–water partition coefficient (Wildman–Crippen LogP) is 11.9. The molecule has 9 rings (SSSR count). The zero-order valence-corrected chi connectivity index (χ0v) is 25.5. The van der Waals surface area contributed by atoms with Crippen LogP contribution in [0, 0.1) is 0 Å². The molecule has 0 unspecified atom stereocenters. The van der Waals surface area contributed by atoms with Crippen molar-refractivity contribution < 1.29 is 4.42 Å². The van der Waals surface area contributed by atoms with Gasteiger partial charge < -0.3 is 4.42 Å². The zero-order valence-electron chi connectivity index (χ0n) is 25.5. The number of furan rings is 1. The molecule has 0 N–H and O–H groups in total. The van der Waals surface area contributed by atoms with Gasteiger partial charge in [-0.1, -0.05) is 152 Å². The van der Waals surface area contributed by atoms with Gasteiger partial charge in [-0.15, -0.1) is 0 Å². The number of para-hydroxylation sites is 1. The molecule has 0 aliphatic heterocycles. The minimum atomic E-state index is 0.680. The largest absolute Gasteiger partial charge is 0.455 e. The van der Waals surface area contributed by atoms with Gasteiger partial charge in [-0.25, -0.2) is 9.97 Å². The third-order valence-electron chi connectivity index (χ3n) is 8.93. The first kappa shape index (κ1) is 27.0. The Morgan fingerprint density at radius 1 is 0.383 bits per heavy atom. The lowest BCUT2D eigenvalue weighted by molar-refractivity contribution is 0.670. The van der Waals surface area contributed by atoms with Gasteiger partial charge in [0, 0.05) is 27.5 Å². The summed E-state index contributed by atoms with van der Waals surface area (Å²) in [6.07, 6.45) is 0. The number of rotatable bonds is 5. The van der Waals surface area contributed by atoms with Gasteiger partial charge in [0.05, 0.1) is 11.4 Å². The molecule has 2 heterocycles. The molecule has 9 aromatic rings. The number of benzene rings is 7. The summed E-state index contributed by atoms with van der Waals surface area (Å²) in [4.78, 5) is 10.1. The molecule has 0 radical (unpaired) electrons. The number of aromatic nitrogens is 2. The Morgan fingerprint density at radius 3 is 1.77 bits per heavy atom. The maximum Gasteiger partial charge on any atom is 0.160 e. The summed E-state index contributed by atoms with van der Waals surface area (Å²) in [6, 6.07) is 59.1. The fourth-order valence-corrected chi connectivity index (χ4v) is 6.64. The summed E-state index contributed by atoms with van der Waals surface area (Å²) < 4.78 is 6.67. The van der Waals surface area contributed by atoms with E-state index < -0.39 is 0 Å². The van der Waals surface area contributed by atoms with Crippen LogP contribution < -0.4 is 0 Å². The van der Waals surface area contributed by atoms with E-state index in [2.05, 4.69) is 121 Å². The maximum absolute atomic E-state index is 6.67. The van der Waals surface area contributed by atoms with Crippen molar-refractivity contribution in [3.05, 3.63) is 170 Å². The van der Waals surface area contributed by atoms with E-state index in [1.807, 2.05) is 48.5 Å². The average Bonchev–Trinajstić information content (AvgIpc) is 3.55. The van der Waals surface area contributed by atoms with E-state index in [-0.39, 0.29) is 0 Å².